The van der Waals surface area contributed by atoms with Crippen LogP contribution in [0.1, 0.15) is 45.9 Å². The predicted molar refractivity (Wildman–Crippen MR) is 106 cm³/mol. The Morgan fingerprint density at radius 1 is 1.33 bits per heavy atom. The molecule has 0 saturated carbocycles. The van der Waals surface area contributed by atoms with Gasteiger partial charge in [0.2, 0.25) is 11.8 Å². The van der Waals surface area contributed by atoms with Gasteiger partial charge in [0, 0.05) is 23.4 Å². The molecule has 1 aliphatic heterocycles. The van der Waals surface area contributed by atoms with E-state index in [4.69, 9.17) is 0 Å². The zero-order valence-electron chi connectivity index (χ0n) is 16.3. The molecule has 2 rings (SSSR count). The van der Waals surface area contributed by atoms with E-state index in [1.54, 1.807) is 12.1 Å². The molecule has 1 aliphatic rings. The van der Waals surface area contributed by atoms with Crippen molar-refractivity contribution in [3.63, 3.8) is 0 Å². The lowest BCUT2D eigenvalue weighted by atomic mass is 9.94. The van der Waals surface area contributed by atoms with Crippen molar-refractivity contribution in [2.75, 3.05) is 0 Å². The number of hydrogen-bond acceptors (Lipinski definition) is 5. The van der Waals surface area contributed by atoms with Crippen LogP contribution in [0.5, 0.6) is 0 Å². The van der Waals surface area contributed by atoms with Crippen LogP contribution in [-0.4, -0.2) is 41.7 Å². The molecule has 1 fully saturated rings. The number of thiophene rings is 1. The Morgan fingerprint density at radius 2 is 1.96 bits per heavy atom. The Labute approximate surface area is 164 Å². The first kappa shape index (κ1) is 21.6. The fourth-order valence-electron chi connectivity index (χ4n) is 3.74. The number of nitrogens with one attached hydrogen (secondary N) is 2. The summed E-state index contributed by atoms with van der Waals surface area (Å²) in [7, 11) is -3.79. The van der Waals surface area contributed by atoms with Gasteiger partial charge < -0.3 is 10.6 Å². The first-order valence-corrected chi connectivity index (χ1v) is 10.9. The summed E-state index contributed by atoms with van der Waals surface area (Å²) in [6.07, 6.45) is 1.68. The van der Waals surface area contributed by atoms with E-state index in [9.17, 15) is 18.0 Å². The monoisotopic (exact) mass is 413 g/mol. The summed E-state index contributed by atoms with van der Waals surface area (Å²) in [5.74, 6) is -0.493. The number of sulfonamides is 1. The molecule has 0 radical (unpaired) electrons. The van der Waals surface area contributed by atoms with Crippen LogP contribution in [0, 0.1) is 0 Å². The van der Waals surface area contributed by atoms with Crippen molar-refractivity contribution in [3.8, 4) is 0 Å². The van der Waals surface area contributed by atoms with Crippen molar-refractivity contribution in [1.29, 1.82) is 0 Å². The van der Waals surface area contributed by atoms with Gasteiger partial charge in [-0.2, -0.15) is 4.31 Å². The van der Waals surface area contributed by atoms with Crippen LogP contribution in [-0.2, 0) is 26.2 Å². The van der Waals surface area contributed by atoms with Gasteiger partial charge in [-0.15, -0.1) is 11.3 Å². The van der Waals surface area contributed by atoms with E-state index in [0.29, 0.717) is 13.0 Å². The molecule has 1 unspecified atom stereocenters. The number of amides is 2. The van der Waals surface area contributed by atoms with E-state index in [1.165, 1.54) is 17.3 Å². The molecule has 150 valence electrons. The number of hydrogen-bond donors (Lipinski definition) is 2. The second kappa shape index (κ2) is 7.37. The highest BCUT2D eigenvalue weighted by Crippen LogP contribution is 2.45. The van der Waals surface area contributed by atoms with Crippen molar-refractivity contribution in [1.82, 2.24) is 14.9 Å². The molecule has 27 heavy (non-hydrogen) atoms. The molecule has 0 aromatic carbocycles. The van der Waals surface area contributed by atoms with E-state index < -0.39 is 21.1 Å². The summed E-state index contributed by atoms with van der Waals surface area (Å²) in [4.78, 5) is 23.6. The van der Waals surface area contributed by atoms with Gasteiger partial charge in [-0.1, -0.05) is 6.58 Å². The molecule has 1 aromatic rings. The lowest BCUT2D eigenvalue weighted by Gasteiger charge is -2.39. The van der Waals surface area contributed by atoms with E-state index >= 15 is 0 Å². The minimum absolute atomic E-state index is 0.171. The average Bonchev–Trinajstić information content (AvgIpc) is 3.06. The van der Waals surface area contributed by atoms with Gasteiger partial charge in [-0.05, 0) is 52.3 Å². The molecule has 1 saturated heterocycles. The maximum absolute atomic E-state index is 13.4. The molecule has 2 N–H and O–H groups in total. The highest BCUT2D eigenvalue weighted by molar-refractivity contribution is 7.91. The lowest BCUT2D eigenvalue weighted by molar-refractivity contribution is -0.119. The number of nitrogens with zero attached hydrogens (tertiary/aromatic N) is 1. The largest absolute Gasteiger partial charge is 0.351 e. The third-order valence-electron chi connectivity index (χ3n) is 4.77. The van der Waals surface area contributed by atoms with Crippen LogP contribution in [0.2, 0.25) is 0 Å². The average molecular weight is 414 g/mol. The molecule has 0 aliphatic carbocycles. The van der Waals surface area contributed by atoms with Crippen molar-refractivity contribution in [2.45, 2.75) is 68.9 Å². The highest BCUT2D eigenvalue weighted by atomic mass is 32.2. The van der Waals surface area contributed by atoms with E-state index in [1.807, 2.05) is 27.7 Å². The zero-order valence-corrected chi connectivity index (χ0v) is 18.0. The fourth-order valence-corrected chi connectivity index (χ4v) is 7.27. The Hall–Kier alpha value is -1.71. The van der Waals surface area contributed by atoms with Crippen LogP contribution in [0.25, 0.3) is 0 Å². The minimum atomic E-state index is -3.79. The molecular weight excluding hydrogens is 386 g/mol. The SMILES string of the molecule is C=CC(=O)NC1CC(C)(C)N(S(=O)(=O)c2ccc(CNC(C)=O)s2)C1(C)C. The maximum atomic E-state index is 13.4. The van der Waals surface area contributed by atoms with E-state index in [2.05, 4.69) is 17.2 Å². The van der Waals surface area contributed by atoms with Crippen molar-refractivity contribution < 1.29 is 18.0 Å². The van der Waals surface area contributed by atoms with Gasteiger partial charge in [-0.3, -0.25) is 9.59 Å². The Bertz CT molecular complexity index is 856. The predicted octanol–water partition coefficient (Wildman–Crippen LogP) is 2.01. The summed E-state index contributed by atoms with van der Waals surface area (Å²) in [5.41, 5.74) is -1.49. The molecule has 7 nitrogen and oxygen atoms in total. The standard InChI is InChI=1S/C18H27N3O4S2/c1-7-15(23)20-14-10-17(3,4)21(18(14,5)6)27(24,25)16-9-8-13(26-16)11-19-12(2)22/h7-9,14H,1,10-11H2,2-6H3,(H,19,22)(H,20,23). The molecule has 1 aromatic heterocycles. The summed E-state index contributed by atoms with van der Waals surface area (Å²) in [6.45, 7) is 12.5. The van der Waals surface area contributed by atoms with E-state index in [0.717, 1.165) is 16.2 Å². The molecule has 2 heterocycles. The molecule has 0 spiro atoms. The van der Waals surface area contributed by atoms with Crippen LogP contribution in [0.3, 0.4) is 0 Å². The summed E-state index contributed by atoms with van der Waals surface area (Å²) in [6, 6.07) is 2.94. The first-order chi connectivity index (χ1) is 12.3. The van der Waals surface area contributed by atoms with Crippen LogP contribution < -0.4 is 10.6 Å². The van der Waals surface area contributed by atoms with Gasteiger partial charge >= 0.3 is 0 Å². The number of rotatable bonds is 6. The normalized spacial score (nSPS) is 21.6. The van der Waals surface area contributed by atoms with Crippen LogP contribution in [0.4, 0.5) is 0 Å². The minimum Gasteiger partial charge on any atom is -0.351 e. The second-order valence-electron chi connectivity index (χ2n) is 7.84. The van der Waals surface area contributed by atoms with Gasteiger partial charge in [-0.25, -0.2) is 8.42 Å². The molecular formula is C18H27N3O4S2. The summed E-state index contributed by atoms with van der Waals surface area (Å²) in [5, 5.41) is 5.53. The number of carbonyl (C=O) groups excluding carboxylic acids is 2. The Kier molecular flexibility index (Phi) is 5.89. The van der Waals surface area contributed by atoms with Gasteiger partial charge in [0.25, 0.3) is 10.0 Å². The molecule has 9 heteroatoms. The lowest BCUT2D eigenvalue weighted by Crippen LogP contribution is -2.56. The Morgan fingerprint density at radius 3 is 2.52 bits per heavy atom. The van der Waals surface area contributed by atoms with Crippen molar-refractivity contribution in [2.24, 2.45) is 0 Å². The topological polar surface area (TPSA) is 95.6 Å². The summed E-state index contributed by atoms with van der Waals surface area (Å²) < 4.78 is 28.6. The van der Waals surface area contributed by atoms with Crippen LogP contribution >= 0.6 is 11.3 Å². The smallest absolute Gasteiger partial charge is 0.253 e. The second-order valence-corrected chi connectivity index (χ2v) is 11.0. The Balaban J connectivity index is 2.37. The molecule has 1 atom stereocenters. The maximum Gasteiger partial charge on any atom is 0.253 e. The van der Waals surface area contributed by atoms with E-state index in [-0.39, 0.29) is 22.1 Å². The third-order valence-corrected chi connectivity index (χ3v) is 8.63. The summed E-state index contributed by atoms with van der Waals surface area (Å²) >= 11 is 1.14. The molecule has 2 amide bonds. The van der Waals surface area contributed by atoms with Crippen molar-refractivity contribution >= 4 is 33.2 Å². The number of carbonyl (C=O) groups is 2. The van der Waals surface area contributed by atoms with Gasteiger partial charge in [0.15, 0.2) is 0 Å². The van der Waals surface area contributed by atoms with Gasteiger partial charge in [0.05, 0.1) is 12.1 Å². The molecule has 0 bridgehead atoms. The van der Waals surface area contributed by atoms with Crippen LogP contribution in [0.15, 0.2) is 29.0 Å². The third kappa shape index (κ3) is 4.25. The van der Waals surface area contributed by atoms with Gasteiger partial charge in [0.1, 0.15) is 4.21 Å². The zero-order chi connectivity index (χ0) is 20.6. The highest BCUT2D eigenvalue weighted by Gasteiger charge is 2.57. The quantitative estimate of drug-likeness (QED) is 0.698. The fraction of sp³-hybridized carbons (Fsp3) is 0.556. The first-order valence-electron chi connectivity index (χ1n) is 8.64. The van der Waals surface area contributed by atoms with Crippen molar-refractivity contribution in [3.05, 3.63) is 29.7 Å².